The van der Waals surface area contributed by atoms with E-state index in [0.717, 1.165) is 23.3 Å². The summed E-state index contributed by atoms with van der Waals surface area (Å²) in [4.78, 5) is 12.3. The molecular weight excluding hydrogens is 331 g/mol. The molecule has 0 fully saturated rings. The molecule has 4 aromatic rings. The zero-order chi connectivity index (χ0) is 17.4. The Balaban J connectivity index is 1.86. The van der Waals surface area contributed by atoms with E-state index >= 15 is 0 Å². The smallest absolute Gasteiger partial charge is 0.416 e. The average Bonchev–Trinajstić information content (AvgIpc) is 3.05. The second-order valence-corrected chi connectivity index (χ2v) is 5.36. The molecule has 0 aliphatic carbocycles. The van der Waals surface area contributed by atoms with E-state index in [1.165, 1.54) is 6.07 Å². The third-order valence-electron chi connectivity index (χ3n) is 3.76. The summed E-state index contributed by atoms with van der Waals surface area (Å²) in [6.45, 7) is 0. The number of nitrogens with zero attached hydrogens (tertiary/aromatic N) is 3. The summed E-state index contributed by atoms with van der Waals surface area (Å²) in [6.07, 6.45) is 2.10. The Kier molecular flexibility index (Phi) is 3.49. The third-order valence-corrected chi connectivity index (χ3v) is 3.76. The molecule has 0 saturated carbocycles. The van der Waals surface area contributed by atoms with Gasteiger partial charge in [-0.3, -0.25) is 9.97 Å². The number of halogens is 3. The number of fused-ring (bicyclic) bond motifs is 1. The highest BCUT2D eigenvalue weighted by Crippen LogP contribution is 2.35. The summed E-state index contributed by atoms with van der Waals surface area (Å²) in [5, 5.41) is 0. The normalized spacial score (nSPS) is 11.8. The zero-order valence-corrected chi connectivity index (χ0v) is 12.7. The van der Waals surface area contributed by atoms with Crippen molar-refractivity contribution in [3.63, 3.8) is 0 Å². The van der Waals surface area contributed by atoms with Gasteiger partial charge in [-0.15, -0.1) is 0 Å². The molecule has 0 aliphatic rings. The molecule has 25 heavy (non-hydrogen) atoms. The van der Waals surface area contributed by atoms with E-state index in [4.69, 9.17) is 4.42 Å². The second-order valence-electron chi connectivity index (χ2n) is 5.36. The fourth-order valence-electron chi connectivity index (χ4n) is 2.56. The molecule has 124 valence electrons. The average molecular weight is 341 g/mol. The predicted molar refractivity (Wildman–Crippen MR) is 85.5 cm³/mol. The second kappa shape index (κ2) is 5.70. The molecular formula is C18H10F3N3O. The number of aromatic nitrogens is 3. The van der Waals surface area contributed by atoms with Crippen LogP contribution in [0.25, 0.3) is 33.7 Å². The lowest BCUT2D eigenvalue weighted by Crippen LogP contribution is -2.03. The summed E-state index contributed by atoms with van der Waals surface area (Å²) in [6, 6.07) is 8.58. The maximum absolute atomic E-state index is 12.9. The molecule has 0 radical (unpaired) electrons. The molecule has 0 spiro atoms. The number of oxazole rings is 1. The van der Waals surface area contributed by atoms with Gasteiger partial charge in [-0.05, 0) is 42.0 Å². The van der Waals surface area contributed by atoms with Crippen LogP contribution in [0.4, 0.5) is 13.2 Å². The summed E-state index contributed by atoms with van der Waals surface area (Å²) < 4.78 is 44.2. The Morgan fingerprint density at radius 3 is 2.36 bits per heavy atom. The van der Waals surface area contributed by atoms with Crippen molar-refractivity contribution in [2.24, 2.45) is 0 Å². The Labute approximate surface area is 140 Å². The molecule has 0 unspecified atom stereocenters. The van der Waals surface area contributed by atoms with Crippen molar-refractivity contribution in [3.05, 3.63) is 66.7 Å². The summed E-state index contributed by atoms with van der Waals surface area (Å²) >= 11 is 0. The molecule has 0 atom stereocenters. The highest BCUT2D eigenvalue weighted by Gasteiger charge is 2.31. The van der Waals surface area contributed by atoms with Gasteiger partial charge in [-0.2, -0.15) is 13.2 Å². The molecule has 0 N–H and O–H groups in total. The Morgan fingerprint density at radius 1 is 0.840 bits per heavy atom. The monoisotopic (exact) mass is 341 g/mol. The first-order chi connectivity index (χ1) is 12.0. The minimum atomic E-state index is -4.42. The molecule has 4 rings (SSSR count). The highest BCUT2D eigenvalue weighted by molar-refractivity contribution is 5.83. The van der Waals surface area contributed by atoms with Crippen LogP contribution in [0.1, 0.15) is 5.56 Å². The number of pyridine rings is 2. The van der Waals surface area contributed by atoms with E-state index in [-0.39, 0.29) is 11.4 Å². The highest BCUT2D eigenvalue weighted by atomic mass is 19.4. The number of benzene rings is 1. The van der Waals surface area contributed by atoms with Gasteiger partial charge in [-0.1, -0.05) is 0 Å². The SMILES string of the molecule is FC(F)(F)c1ccc2oc(-c3ccncc3-c3ccncc3)nc2c1. The van der Waals surface area contributed by atoms with E-state index in [1.54, 1.807) is 30.9 Å². The Bertz CT molecular complexity index is 1040. The van der Waals surface area contributed by atoms with Crippen molar-refractivity contribution in [2.45, 2.75) is 6.18 Å². The lowest BCUT2D eigenvalue weighted by Gasteiger charge is -2.05. The summed E-state index contributed by atoms with van der Waals surface area (Å²) in [7, 11) is 0. The van der Waals surface area contributed by atoms with E-state index in [9.17, 15) is 13.2 Å². The molecule has 0 aliphatic heterocycles. The fraction of sp³-hybridized carbons (Fsp3) is 0.0556. The fourth-order valence-corrected chi connectivity index (χ4v) is 2.56. The third kappa shape index (κ3) is 2.84. The van der Waals surface area contributed by atoms with E-state index in [0.29, 0.717) is 11.1 Å². The van der Waals surface area contributed by atoms with Gasteiger partial charge in [0.05, 0.1) is 5.56 Å². The molecule has 0 saturated heterocycles. The first-order valence-corrected chi connectivity index (χ1v) is 7.35. The van der Waals surface area contributed by atoms with Gasteiger partial charge in [0, 0.05) is 35.9 Å². The van der Waals surface area contributed by atoms with Crippen LogP contribution in [-0.2, 0) is 6.18 Å². The van der Waals surface area contributed by atoms with Crippen molar-refractivity contribution >= 4 is 11.1 Å². The van der Waals surface area contributed by atoms with Crippen molar-refractivity contribution in [1.82, 2.24) is 15.0 Å². The van der Waals surface area contributed by atoms with E-state index < -0.39 is 11.7 Å². The number of hydrogen-bond donors (Lipinski definition) is 0. The van der Waals surface area contributed by atoms with Crippen molar-refractivity contribution in [1.29, 1.82) is 0 Å². The zero-order valence-electron chi connectivity index (χ0n) is 12.7. The molecule has 0 bridgehead atoms. The van der Waals surface area contributed by atoms with Crippen LogP contribution in [0.3, 0.4) is 0 Å². The quantitative estimate of drug-likeness (QED) is 0.516. The molecule has 0 amide bonds. The minimum Gasteiger partial charge on any atom is -0.436 e. The Morgan fingerprint density at radius 2 is 1.60 bits per heavy atom. The van der Waals surface area contributed by atoms with Crippen LogP contribution in [0, 0.1) is 0 Å². The largest absolute Gasteiger partial charge is 0.436 e. The van der Waals surface area contributed by atoms with E-state index in [2.05, 4.69) is 15.0 Å². The molecule has 3 aromatic heterocycles. The van der Waals surface area contributed by atoms with Crippen LogP contribution in [-0.4, -0.2) is 15.0 Å². The maximum Gasteiger partial charge on any atom is 0.416 e. The van der Waals surface area contributed by atoms with Gasteiger partial charge < -0.3 is 4.42 Å². The van der Waals surface area contributed by atoms with Crippen LogP contribution < -0.4 is 0 Å². The van der Waals surface area contributed by atoms with Crippen LogP contribution in [0.2, 0.25) is 0 Å². The maximum atomic E-state index is 12.9. The van der Waals surface area contributed by atoms with Crippen LogP contribution in [0.5, 0.6) is 0 Å². The van der Waals surface area contributed by atoms with Crippen LogP contribution in [0.15, 0.2) is 65.6 Å². The number of rotatable bonds is 2. The topological polar surface area (TPSA) is 51.8 Å². The van der Waals surface area contributed by atoms with Gasteiger partial charge >= 0.3 is 6.18 Å². The lowest BCUT2D eigenvalue weighted by atomic mass is 10.0. The minimum absolute atomic E-state index is 0.155. The first-order valence-electron chi connectivity index (χ1n) is 7.35. The first kappa shape index (κ1) is 15.3. The lowest BCUT2D eigenvalue weighted by molar-refractivity contribution is -0.137. The van der Waals surface area contributed by atoms with Gasteiger partial charge in [0.2, 0.25) is 5.89 Å². The van der Waals surface area contributed by atoms with Crippen molar-refractivity contribution < 1.29 is 17.6 Å². The summed E-state index contributed by atoms with van der Waals surface area (Å²) in [5.41, 5.74) is 1.95. The summed E-state index contributed by atoms with van der Waals surface area (Å²) in [5.74, 6) is 0.239. The number of alkyl halides is 3. The van der Waals surface area contributed by atoms with Gasteiger partial charge in [-0.25, -0.2) is 4.98 Å². The molecule has 4 nitrogen and oxygen atoms in total. The molecule has 3 heterocycles. The van der Waals surface area contributed by atoms with E-state index in [1.807, 2.05) is 12.1 Å². The van der Waals surface area contributed by atoms with Gasteiger partial charge in [0.1, 0.15) is 5.52 Å². The molecule has 7 heteroatoms. The molecule has 1 aromatic carbocycles. The van der Waals surface area contributed by atoms with Gasteiger partial charge in [0.15, 0.2) is 5.58 Å². The van der Waals surface area contributed by atoms with Crippen molar-refractivity contribution in [3.8, 4) is 22.6 Å². The van der Waals surface area contributed by atoms with Crippen molar-refractivity contribution in [2.75, 3.05) is 0 Å². The van der Waals surface area contributed by atoms with Gasteiger partial charge in [0.25, 0.3) is 0 Å². The number of hydrogen-bond acceptors (Lipinski definition) is 4. The predicted octanol–water partition coefficient (Wildman–Crippen LogP) is 4.97. The van der Waals surface area contributed by atoms with Crippen LogP contribution >= 0.6 is 0 Å². The Hall–Kier alpha value is -3.22. The standard InChI is InChI=1S/C18H10F3N3O/c19-18(20,21)12-1-2-16-15(9-12)24-17(25-16)13-5-8-23-10-14(13)11-3-6-22-7-4-11/h1-10H.